The Morgan fingerprint density at radius 1 is 1.53 bits per heavy atom. The number of hydrogen-bond acceptors (Lipinski definition) is 3. The number of carbonyl (C=O) groups excluding carboxylic acids is 1. The predicted octanol–water partition coefficient (Wildman–Crippen LogP) is 2.37. The number of carbonyl (C=O) groups is 1. The molecule has 1 rings (SSSR count). The second kappa shape index (κ2) is 4.82. The second-order valence-electron chi connectivity index (χ2n) is 3.77. The van der Waals surface area contributed by atoms with Gasteiger partial charge in [0.2, 0.25) is 0 Å². The Kier molecular flexibility index (Phi) is 3.72. The van der Waals surface area contributed by atoms with Crippen molar-refractivity contribution in [1.82, 2.24) is 0 Å². The molecular formula is C12H16O3. The quantitative estimate of drug-likeness (QED) is 0.776. The zero-order chi connectivity index (χ0) is 11.4. The SMILES string of the molecule is CC(=O)OC[C@@H](C)c1ccc(C)cc1O. The lowest BCUT2D eigenvalue weighted by Gasteiger charge is -2.13. The number of phenols is 1. The van der Waals surface area contributed by atoms with Gasteiger partial charge in [-0.15, -0.1) is 0 Å². The third kappa shape index (κ3) is 3.27. The van der Waals surface area contributed by atoms with E-state index in [-0.39, 0.29) is 17.6 Å². The van der Waals surface area contributed by atoms with Gasteiger partial charge in [-0.25, -0.2) is 0 Å². The molecule has 0 radical (unpaired) electrons. The molecule has 0 heterocycles. The van der Waals surface area contributed by atoms with Gasteiger partial charge in [0.25, 0.3) is 0 Å². The van der Waals surface area contributed by atoms with E-state index < -0.39 is 0 Å². The summed E-state index contributed by atoms with van der Waals surface area (Å²) in [5.41, 5.74) is 1.82. The second-order valence-corrected chi connectivity index (χ2v) is 3.77. The fraction of sp³-hybridized carbons (Fsp3) is 0.417. The van der Waals surface area contributed by atoms with Gasteiger partial charge in [0.1, 0.15) is 5.75 Å². The van der Waals surface area contributed by atoms with Crippen molar-refractivity contribution in [2.75, 3.05) is 6.61 Å². The van der Waals surface area contributed by atoms with E-state index in [2.05, 4.69) is 0 Å². The van der Waals surface area contributed by atoms with Crippen LogP contribution in [0, 0.1) is 6.92 Å². The molecule has 0 saturated carbocycles. The van der Waals surface area contributed by atoms with Gasteiger partial charge in [0, 0.05) is 18.4 Å². The summed E-state index contributed by atoms with van der Waals surface area (Å²) in [6.45, 7) is 5.50. The predicted molar refractivity (Wildman–Crippen MR) is 57.9 cm³/mol. The van der Waals surface area contributed by atoms with Gasteiger partial charge in [-0.1, -0.05) is 19.1 Å². The number of aryl methyl sites for hydroxylation is 1. The maximum absolute atomic E-state index is 10.6. The molecule has 0 unspecified atom stereocenters. The van der Waals surface area contributed by atoms with E-state index in [1.165, 1.54) is 6.92 Å². The number of aromatic hydroxyl groups is 1. The average Bonchev–Trinajstić information content (AvgIpc) is 2.14. The normalized spacial score (nSPS) is 12.2. The van der Waals surface area contributed by atoms with Crippen LogP contribution < -0.4 is 0 Å². The summed E-state index contributed by atoms with van der Waals surface area (Å²) in [7, 11) is 0. The van der Waals surface area contributed by atoms with Gasteiger partial charge in [-0.2, -0.15) is 0 Å². The van der Waals surface area contributed by atoms with Crippen LogP contribution in [-0.2, 0) is 9.53 Å². The molecule has 0 bridgehead atoms. The Morgan fingerprint density at radius 2 is 2.20 bits per heavy atom. The molecule has 0 aromatic heterocycles. The molecule has 0 saturated heterocycles. The van der Waals surface area contributed by atoms with E-state index in [0.29, 0.717) is 6.61 Å². The van der Waals surface area contributed by atoms with Gasteiger partial charge >= 0.3 is 5.97 Å². The Hall–Kier alpha value is -1.51. The highest BCUT2D eigenvalue weighted by molar-refractivity contribution is 5.66. The summed E-state index contributed by atoms with van der Waals surface area (Å²) in [4.78, 5) is 10.6. The zero-order valence-electron chi connectivity index (χ0n) is 9.28. The number of hydrogen-bond donors (Lipinski definition) is 1. The molecule has 1 aromatic carbocycles. The van der Waals surface area contributed by atoms with Gasteiger partial charge in [0.15, 0.2) is 0 Å². The van der Waals surface area contributed by atoms with Crippen molar-refractivity contribution < 1.29 is 14.6 Å². The van der Waals surface area contributed by atoms with E-state index in [9.17, 15) is 9.90 Å². The van der Waals surface area contributed by atoms with Gasteiger partial charge in [-0.05, 0) is 18.6 Å². The number of phenolic OH excluding ortho intramolecular Hbond substituents is 1. The highest BCUT2D eigenvalue weighted by Crippen LogP contribution is 2.26. The van der Waals surface area contributed by atoms with E-state index in [1.807, 2.05) is 26.0 Å². The molecule has 0 fully saturated rings. The van der Waals surface area contributed by atoms with Crippen LogP contribution in [0.4, 0.5) is 0 Å². The summed E-state index contributed by atoms with van der Waals surface area (Å²) >= 11 is 0. The van der Waals surface area contributed by atoms with E-state index in [0.717, 1.165) is 11.1 Å². The van der Waals surface area contributed by atoms with Gasteiger partial charge in [0.05, 0.1) is 6.61 Å². The van der Waals surface area contributed by atoms with Crippen molar-refractivity contribution in [3.05, 3.63) is 29.3 Å². The molecule has 1 N–H and O–H groups in total. The Morgan fingerprint density at radius 3 is 2.73 bits per heavy atom. The lowest BCUT2D eigenvalue weighted by atomic mass is 10.00. The molecule has 1 aromatic rings. The van der Waals surface area contributed by atoms with Crippen molar-refractivity contribution >= 4 is 5.97 Å². The number of rotatable bonds is 3. The van der Waals surface area contributed by atoms with Crippen LogP contribution in [-0.4, -0.2) is 17.7 Å². The molecule has 82 valence electrons. The first-order valence-corrected chi connectivity index (χ1v) is 4.93. The van der Waals surface area contributed by atoms with Crippen LogP contribution in [0.25, 0.3) is 0 Å². The van der Waals surface area contributed by atoms with E-state index in [1.54, 1.807) is 6.07 Å². The van der Waals surface area contributed by atoms with E-state index >= 15 is 0 Å². The van der Waals surface area contributed by atoms with Crippen molar-refractivity contribution in [2.24, 2.45) is 0 Å². The van der Waals surface area contributed by atoms with Crippen LogP contribution in [0.1, 0.15) is 30.9 Å². The van der Waals surface area contributed by atoms with Gasteiger partial charge in [-0.3, -0.25) is 4.79 Å². The molecule has 3 heteroatoms. The summed E-state index contributed by atoms with van der Waals surface area (Å²) in [6, 6.07) is 5.50. The van der Waals surface area contributed by atoms with Gasteiger partial charge < -0.3 is 9.84 Å². The monoisotopic (exact) mass is 208 g/mol. The van der Waals surface area contributed by atoms with Crippen molar-refractivity contribution in [2.45, 2.75) is 26.7 Å². The maximum atomic E-state index is 10.6. The molecule has 0 aliphatic heterocycles. The lowest BCUT2D eigenvalue weighted by Crippen LogP contribution is -2.08. The highest BCUT2D eigenvalue weighted by Gasteiger charge is 2.11. The molecule has 0 spiro atoms. The Bertz CT molecular complexity index is 358. The molecule has 0 amide bonds. The Labute approximate surface area is 89.7 Å². The van der Waals surface area contributed by atoms with Crippen LogP contribution in [0.15, 0.2) is 18.2 Å². The molecule has 3 nitrogen and oxygen atoms in total. The minimum atomic E-state index is -0.298. The molecular weight excluding hydrogens is 192 g/mol. The summed E-state index contributed by atoms with van der Waals surface area (Å²) in [5, 5.41) is 9.69. The fourth-order valence-corrected chi connectivity index (χ4v) is 1.40. The van der Waals surface area contributed by atoms with Crippen LogP contribution in [0.3, 0.4) is 0 Å². The first-order valence-electron chi connectivity index (χ1n) is 4.93. The zero-order valence-corrected chi connectivity index (χ0v) is 9.28. The van der Waals surface area contributed by atoms with Crippen LogP contribution >= 0.6 is 0 Å². The fourth-order valence-electron chi connectivity index (χ4n) is 1.40. The number of ether oxygens (including phenoxy) is 1. The number of esters is 1. The Balaban J connectivity index is 2.73. The number of benzene rings is 1. The van der Waals surface area contributed by atoms with Crippen LogP contribution in [0.5, 0.6) is 5.75 Å². The summed E-state index contributed by atoms with van der Waals surface area (Å²) in [5.74, 6) is -0.0300. The average molecular weight is 208 g/mol. The first-order chi connectivity index (χ1) is 7.00. The third-order valence-electron chi connectivity index (χ3n) is 2.25. The van der Waals surface area contributed by atoms with Crippen molar-refractivity contribution in [3.63, 3.8) is 0 Å². The molecule has 15 heavy (non-hydrogen) atoms. The van der Waals surface area contributed by atoms with Crippen LogP contribution in [0.2, 0.25) is 0 Å². The molecule has 1 atom stereocenters. The standard InChI is InChI=1S/C12H16O3/c1-8-4-5-11(12(14)6-8)9(2)7-15-10(3)13/h4-6,9,14H,7H2,1-3H3/t9-/m1/s1. The summed E-state index contributed by atoms with van der Waals surface area (Å²) < 4.78 is 4.89. The highest BCUT2D eigenvalue weighted by atomic mass is 16.5. The molecule has 0 aliphatic rings. The minimum absolute atomic E-state index is 0.00880. The topological polar surface area (TPSA) is 46.5 Å². The van der Waals surface area contributed by atoms with E-state index in [4.69, 9.17) is 4.74 Å². The van der Waals surface area contributed by atoms with Crippen molar-refractivity contribution in [3.8, 4) is 5.75 Å². The maximum Gasteiger partial charge on any atom is 0.302 e. The smallest absolute Gasteiger partial charge is 0.302 e. The largest absolute Gasteiger partial charge is 0.508 e. The first kappa shape index (κ1) is 11.6. The molecule has 0 aliphatic carbocycles. The van der Waals surface area contributed by atoms with Crippen molar-refractivity contribution in [1.29, 1.82) is 0 Å². The lowest BCUT2D eigenvalue weighted by molar-refractivity contribution is -0.141. The third-order valence-corrected chi connectivity index (χ3v) is 2.25. The minimum Gasteiger partial charge on any atom is -0.508 e. The summed E-state index contributed by atoms with van der Waals surface area (Å²) in [6.07, 6.45) is 0.